The number of hydrogen-bond acceptors (Lipinski definition) is 4. The first-order valence-corrected chi connectivity index (χ1v) is 7.95. The minimum absolute atomic E-state index is 0.130. The van der Waals surface area contributed by atoms with E-state index in [0.717, 1.165) is 54.6 Å². The maximum absolute atomic E-state index is 12.4. The zero-order valence-electron chi connectivity index (χ0n) is 11.6. The van der Waals surface area contributed by atoms with Crippen LogP contribution in [-0.2, 0) is 0 Å². The SMILES string of the molecule is CCCNc1cc(C(=O)N2CCSCC2)cc(C)n1. The third-order valence-electron chi connectivity index (χ3n) is 3.05. The topological polar surface area (TPSA) is 45.2 Å². The van der Waals surface area contributed by atoms with Crippen LogP contribution < -0.4 is 5.32 Å². The molecule has 0 radical (unpaired) electrons. The fourth-order valence-electron chi connectivity index (χ4n) is 2.08. The van der Waals surface area contributed by atoms with E-state index >= 15 is 0 Å². The highest BCUT2D eigenvalue weighted by Gasteiger charge is 2.19. The number of amides is 1. The molecule has 19 heavy (non-hydrogen) atoms. The van der Waals surface area contributed by atoms with Gasteiger partial charge >= 0.3 is 0 Å². The molecule has 0 aliphatic carbocycles. The van der Waals surface area contributed by atoms with Gasteiger partial charge in [-0.15, -0.1) is 0 Å². The summed E-state index contributed by atoms with van der Waals surface area (Å²) in [6.45, 7) is 6.62. The zero-order chi connectivity index (χ0) is 13.7. The van der Waals surface area contributed by atoms with Crippen molar-refractivity contribution in [3.8, 4) is 0 Å². The van der Waals surface area contributed by atoms with Gasteiger partial charge in [0, 0.05) is 42.4 Å². The number of aryl methyl sites for hydroxylation is 1. The number of anilines is 1. The van der Waals surface area contributed by atoms with E-state index in [4.69, 9.17) is 0 Å². The smallest absolute Gasteiger partial charge is 0.254 e. The number of carbonyl (C=O) groups is 1. The van der Waals surface area contributed by atoms with Gasteiger partial charge in [0.2, 0.25) is 0 Å². The highest BCUT2D eigenvalue weighted by Crippen LogP contribution is 2.16. The summed E-state index contributed by atoms with van der Waals surface area (Å²) in [6.07, 6.45) is 1.04. The van der Waals surface area contributed by atoms with Gasteiger partial charge in [0.1, 0.15) is 5.82 Å². The molecule has 0 atom stereocenters. The van der Waals surface area contributed by atoms with Gasteiger partial charge in [-0.05, 0) is 25.5 Å². The number of nitrogens with one attached hydrogen (secondary N) is 1. The van der Waals surface area contributed by atoms with Crippen LogP contribution in [0.25, 0.3) is 0 Å². The van der Waals surface area contributed by atoms with Crippen LogP contribution in [0, 0.1) is 6.92 Å². The van der Waals surface area contributed by atoms with Gasteiger partial charge in [-0.1, -0.05) is 6.92 Å². The molecule has 0 unspecified atom stereocenters. The number of nitrogens with zero attached hydrogens (tertiary/aromatic N) is 2. The third-order valence-corrected chi connectivity index (χ3v) is 4.00. The Bertz CT molecular complexity index is 444. The Morgan fingerprint density at radius 1 is 1.42 bits per heavy atom. The van der Waals surface area contributed by atoms with E-state index in [1.807, 2.05) is 35.7 Å². The highest BCUT2D eigenvalue weighted by atomic mass is 32.2. The molecular weight excluding hydrogens is 258 g/mol. The quantitative estimate of drug-likeness (QED) is 0.919. The second kappa shape index (κ2) is 6.80. The Kier molecular flexibility index (Phi) is 5.07. The molecule has 104 valence electrons. The molecule has 1 aliphatic rings. The van der Waals surface area contributed by atoms with Crippen molar-refractivity contribution in [2.24, 2.45) is 0 Å². The minimum Gasteiger partial charge on any atom is -0.370 e. The molecule has 1 amide bonds. The summed E-state index contributed by atoms with van der Waals surface area (Å²) < 4.78 is 0. The zero-order valence-corrected chi connectivity index (χ0v) is 12.4. The van der Waals surface area contributed by atoms with Gasteiger partial charge in [0.25, 0.3) is 5.91 Å². The van der Waals surface area contributed by atoms with Crippen molar-refractivity contribution in [2.75, 3.05) is 36.5 Å². The first-order chi connectivity index (χ1) is 9.20. The molecule has 1 aliphatic heterocycles. The Balaban J connectivity index is 2.13. The van der Waals surface area contributed by atoms with E-state index in [0.29, 0.717) is 0 Å². The maximum atomic E-state index is 12.4. The molecule has 5 heteroatoms. The van der Waals surface area contributed by atoms with Crippen LogP contribution in [0.4, 0.5) is 5.82 Å². The fourth-order valence-corrected chi connectivity index (χ4v) is 2.99. The Hall–Kier alpha value is -1.23. The molecule has 0 aromatic carbocycles. The predicted molar refractivity (Wildman–Crippen MR) is 81.0 cm³/mol. The summed E-state index contributed by atoms with van der Waals surface area (Å²) in [7, 11) is 0. The van der Waals surface area contributed by atoms with Crippen molar-refractivity contribution in [1.29, 1.82) is 0 Å². The van der Waals surface area contributed by atoms with E-state index in [9.17, 15) is 4.79 Å². The van der Waals surface area contributed by atoms with E-state index in [2.05, 4.69) is 17.2 Å². The lowest BCUT2D eigenvalue weighted by atomic mass is 10.2. The summed E-state index contributed by atoms with van der Waals surface area (Å²) in [5.74, 6) is 3.01. The van der Waals surface area contributed by atoms with Crippen LogP contribution in [0.15, 0.2) is 12.1 Å². The molecule has 0 spiro atoms. The Morgan fingerprint density at radius 2 is 2.16 bits per heavy atom. The van der Waals surface area contributed by atoms with Gasteiger partial charge in [0.05, 0.1) is 0 Å². The van der Waals surface area contributed by atoms with Crippen molar-refractivity contribution in [3.63, 3.8) is 0 Å². The van der Waals surface area contributed by atoms with Crippen LogP contribution in [0.3, 0.4) is 0 Å². The standard InChI is InChI=1S/C14H21N3OS/c1-3-4-15-13-10-12(9-11(2)16-13)14(18)17-5-7-19-8-6-17/h9-10H,3-8H2,1-2H3,(H,15,16). The molecular formula is C14H21N3OS. The van der Waals surface area contributed by atoms with Crippen molar-refractivity contribution in [2.45, 2.75) is 20.3 Å². The van der Waals surface area contributed by atoms with Gasteiger partial charge < -0.3 is 10.2 Å². The van der Waals surface area contributed by atoms with Crippen LogP contribution in [-0.4, -0.2) is 46.9 Å². The van der Waals surface area contributed by atoms with Crippen LogP contribution in [0.1, 0.15) is 29.4 Å². The summed E-state index contributed by atoms with van der Waals surface area (Å²) in [4.78, 5) is 18.8. The van der Waals surface area contributed by atoms with Crippen molar-refractivity contribution < 1.29 is 4.79 Å². The Morgan fingerprint density at radius 3 is 2.84 bits per heavy atom. The Labute approximate surface area is 119 Å². The van der Waals surface area contributed by atoms with Gasteiger partial charge in [-0.3, -0.25) is 4.79 Å². The lowest BCUT2D eigenvalue weighted by Gasteiger charge is -2.26. The largest absolute Gasteiger partial charge is 0.370 e. The van der Waals surface area contributed by atoms with Gasteiger partial charge in [-0.25, -0.2) is 4.98 Å². The van der Waals surface area contributed by atoms with Gasteiger partial charge in [-0.2, -0.15) is 11.8 Å². The number of hydrogen-bond donors (Lipinski definition) is 1. The molecule has 0 saturated carbocycles. The molecule has 1 N–H and O–H groups in total. The monoisotopic (exact) mass is 279 g/mol. The number of thioether (sulfide) groups is 1. The molecule has 0 bridgehead atoms. The third kappa shape index (κ3) is 3.86. The lowest BCUT2D eigenvalue weighted by molar-refractivity contribution is 0.0772. The van der Waals surface area contributed by atoms with E-state index < -0.39 is 0 Å². The summed E-state index contributed by atoms with van der Waals surface area (Å²) in [5.41, 5.74) is 1.63. The molecule has 4 nitrogen and oxygen atoms in total. The van der Waals surface area contributed by atoms with Crippen LogP contribution in [0.2, 0.25) is 0 Å². The maximum Gasteiger partial charge on any atom is 0.254 e. The minimum atomic E-state index is 0.130. The van der Waals surface area contributed by atoms with Crippen molar-refractivity contribution >= 4 is 23.5 Å². The van der Waals surface area contributed by atoms with Gasteiger partial charge in [0.15, 0.2) is 0 Å². The highest BCUT2D eigenvalue weighted by molar-refractivity contribution is 7.99. The van der Waals surface area contributed by atoms with Crippen molar-refractivity contribution in [3.05, 3.63) is 23.4 Å². The first-order valence-electron chi connectivity index (χ1n) is 6.80. The van der Waals surface area contributed by atoms with E-state index in [1.165, 1.54) is 0 Å². The predicted octanol–water partition coefficient (Wildman–Crippen LogP) is 2.40. The van der Waals surface area contributed by atoms with E-state index in [1.54, 1.807) is 0 Å². The number of pyridine rings is 1. The summed E-state index contributed by atoms with van der Waals surface area (Å²) in [6, 6.07) is 3.74. The summed E-state index contributed by atoms with van der Waals surface area (Å²) in [5, 5.41) is 3.25. The number of rotatable bonds is 4. The first kappa shape index (κ1) is 14.2. The van der Waals surface area contributed by atoms with Crippen molar-refractivity contribution in [1.82, 2.24) is 9.88 Å². The second-order valence-electron chi connectivity index (χ2n) is 4.71. The average Bonchev–Trinajstić information content (AvgIpc) is 2.44. The molecule has 1 aromatic rings. The molecule has 1 fully saturated rings. The number of carbonyl (C=O) groups excluding carboxylic acids is 1. The fraction of sp³-hybridized carbons (Fsp3) is 0.571. The average molecular weight is 279 g/mol. The molecule has 2 heterocycles. The number of aromatic nitrogens is 1. The van der Waals surface area contributed by atoms with E-state index in [-0.39, 0.29) is 5.91 Å². The lowest BCUT2D eigenvalue weighted by Crippen LogP contribution is -2.38. The molecule has 1 aromatic heterocycles. The normalized spacial score (nSPS) is 15.4. The second-order valence-corrected chi connectivity index (χ2v) is 5.94. The summed E-state index contributed by atoms with van der Waals surface area (Å²) >= 11 is 1.91. The molecule has 2 rings (SSSR count). The van der Waals surface area contributed by atoms with Crippen LogP contribution in [0.5, 0.6) is 0 Å². The molecule has 1 saturated heterocycles. The van der Waals surface area contributed by atoms with Crippen LogP contribution >= 0.6 is 11.8 Å².